The summed E-state index contributed by atoms with van der Waals surface area (Å²) in [5.74, 6) is 0.476. The zero-order valence-electron chi connectivity index (χ0n) is 11.4. The van der Waals surface area contributed by atoms with Crippen LogP contribution in [-0.4, -0.2) is 60.1 Å². The van der Waals surface area contributed by atoms with Gasteiger partial charge in [0, 0.05) is 13.6 Å². The van der Waals surface area contributed by atoms with E-state index in [1.54, 1.807) is 6.34 Å². The average molecular weight is 267 g/mol. The van der Waals surface area contributed by atoms with Gasteiger partial charge in [-0.3, -0.25) is 10.1 Å². The number of amides is 1. The lowest BCUT2D eigenvalue weighted by Crippen LogP contribution is -2.65. The number of fused-ring (bicyclic) bond motifs is 1. The molecule has 1 amide bonds. The molecule has 0 aromatic carbocycles. The Labute approximate surface area is 112 Å². The molecular formula is C12H21N5O2. The van der Waals surface area contributed by atoms with Crippen LogP contribution >= 0.6 is 0 Å². The van der Waals surface area contributed by atoms with E-state index in [1.807, 2.05) is 11.9 Å². The molecule has 0 aliphatic carbocycles. The van der Waals surface area contributed by atoms with Crippen molar-refractivity contribution in [1.29, 1.82) is 0 Å². The SMILES string of the molecule is CCCCC12C(=O)NC(NCCO)N=C1N=CN2C. The molecule has 2 heterocycles. The van der Waals surface area contributed by atoms with Gasteiger partial charge in [0.25, 0.3) is 5.91 Å². The van der Waals surface area contributed by atoms with Gasteiger partial charge >= 0.3 is 0 Å². The molecule has 0 aromatic heterocycles. The van der Waals surface area contributed by atoms with Crippen LogP contribution in [0.4, 0.5) is 0 Å². The molecule has 2 atom stereocenters. The Morgan fingerprint density at radius 3 is 3.11 bits per heavy atom. The fraction of sp³-hybridized carbons (Fsp3) is 0.750. The standard InChI is InChI=1S/C12H21N5O2/c1-3-4-5-12-9(14-8-17(12)2)15-11(13-6-7-18)16-10(12)19/h8,11,13,18H,3-7H2,1-2H3,(H,16,19). The Morgan fingerprint density at radius 1 is 1.63 bits per heavy atom. The summed E-state index contributed by atoms with van der Waals surface area (Å²) in [7, 11) is 1.85. The van der Waals surface area contributed by atoms with E-state index < -0.39 is 11.8 Å². The third-order valence-corrected chi connectivity index (χ3v) is 3.56. The van der Waals surface area contributed by atoms with Crippen molar-refractivity contribution in [2.45, 2.75) is 38.0 Å². The summed E-state index contributed by atoms with van der Waals surface area (Å²) in [6, 6.07) is 0. The monoisotopic (exact) mass is 267 g/mol. The first kappa shape index (κ1) is 14.0. The molecule has 2 rings (SSSR count). The molecule has 2 aliphatic rings. The minimum atomic E-state index is -0.757. The van der Waals surface area contributed by atoms with Crippen molar-refractivity contribution in [3.8, 4) is 0 Å². The molecule has 2 unspecified atom stereocenters. The second-order valence-corrected chi connectivity index (χ2v) is 4.83. The minimum Gasteiger partial charge on any atom is -0.395 e. The summed E-state index contributed by atoms with van der Waals surface area (Å²) in [5.41, 5.74) is -0.757. The van der Waals surface area contributed by atoms with Gasteiger partial charge in [-0.1, -0.05) is 19.8 Å². The zero-order chi connectivity index (χ0) is 13.9. The van der Waals surface area contributed by atoms with E-state index in [0.29, 0.717) is 18.8 Å². The first-order valence-corrected chi connectivity index (χ1v) is 6.65. The predicted octanol–water partition coefficient (Wildman–Crippen LogP) is -0.717. The normalized spacial score (nSPS) is 29.2. The molecule has 0 spiro atoms. The number of aliphatic hydroxyl groups is 1. The van der Waals surface area contributed by atoms with Gasteiger partial charge in [0.2, 0.25) is 0 Å². The van der Waals surface area contributed by atoms with Crippen LogP contribution in [0.3, 0.4) is 0 Å². The molecule has 7 heteroatoms. The lowest BCUT2D eigenvalue weighted by Gasteiger charge is -2.38. The highest BCUT2D eigenvalue weighted by Gasteiger charge is 2.52. The molecule has 0 fully saturated rings. The third-order valence-electron chi connectivity index (χ3n) is 3.56. The summed E-state index contributed by atoms with van der Waals surface area (Å²) in [5, 5.41) is 14.6. The largest absolute Gasteiger partial charge is 0.395 e. The van der Waals surface area contributed by atoms with Crippen LogP contribution in [0.25, 0.3) is 0 Å². The number of aliphatic imine (C=N–C) groups is 2. The van der Waals surface area contributed by atoms with E-state index >= 15 is 0 Å². The van der Waals surface area contributed by atoms with E-state index in [-0.39, 0.29) is 12.5 Å². The predicted molar refractivity (Wildman–Crippen MR) is 73.0 cm³/mol. The summed E-state index contributed by atoms with van der Waals surface area (Å²) in [6.07, 6.45) is 3.81. The maximum atomic E-state index is 12.5. The topological polar surface area (TPSA) is 89.3 Å². The number of unbranched alkanes of at least 4 members (excludes halogenated alkanes) is 1. The quantitative estimate of drug-likeness (QED) is 0.592. The van der Waals surface area contributed by atoms with Gasteiger partial charge in [-0.2, -0.15) is 0 Å². The van der Waals surface area contributed by atoms with Crippen LogP contribution in [0.5, 0.6) is 0 Å². The first-order chi connectivity index (χ1) is 9.15. The van der Waals surface area contributed by atoms with Crippen LogP contribution in [-0.2, 0) is 4.79 Å². The first-order valence-electron chi connectivity index (χ1n) is 6.65. The number of rotatable bonds is 6. The highest BCUT2D eigenvalue weighted by Crippen LogP contribution is 2.30. The number of aliphatic hydroxyl groups excluding tert-OH is 1. The van der Waals surface area contributed by atoms with Gasteiger partial charge in [-0.25, -0.2) is 9.98 Å². The minimum absolute atomic E-state index is 0.00136. The molecule has 3 N–H and O–H groups in total. The molecule has 7 nitrogen and oxygen atoms in total. The zero-order valence-corrected chi connectivity index (χ0v) is 11.4. The molecular weight excluding hydrogens is 246 g/mol. The van der Waals surface area contributed by atoms with Crippen molar-refractivity contribution >= 4 is 18.1 Å². The van der Waals surface area contributed by atoms with Gasteiger partial charge in [0.15, 0.2) is 17.7 Å². The average Bonchev–Trinajstić information content (AvgIpc) is 2.72. The lowest BCUT2D eigenvalue weighted by atomic mass is 9.88. The van der Waals surface area contributed by atoms with Gasteiger partial charge in [-0.15, -0.1) is 0 Å². The number of hydrogen-bond acceptors (Lipinski definition) is 6. The second kappa shape index (κ2) is 5.66. The highest BCUT2D eigenvalue weighted by atomic mass is 16.3. The molecule has 0 saturated carbocycles. The molecule has 2 aliphatic heterocycles. The summed E-state index contributed by atoms with van der Waals surface area (Å²) < 4.78 is 0. The van der Waals surface area contributed by atoms with Crippen LogP contribution in [0.15, 0.2) is 9.98 Å². The maximum Gasteiger partial charge on any atom is 0.256 e. The van der Waals surface area contributed by atoms with E-state index in [0.717, 1.165) is 12.8 Å². The molecule has 19 heavy (non-hydrogen) atoms. The summed E-state index contributed by atoms with van der Waals surface area (Å²) >= 11 is 0. The highest BCUT2D eigenvalue weighted by molar-refractivity contribution is 6.19. The van der Waals surface area contributed by atoms with E-state index in [2.05, 4.69) is 27.5 Å². The van der Waals surface area contributed by atoms with Crippen LogP contribution in [0, 0.1) is 0 Å². The van der Waals surface area contributed by atoms with E-state index in [4.69, 9.17) is 5.11 Å². The number of nitrogens with zero attached hydrogens (tertiary/aromatic N) is 3. The fourth-order valence-corrected chi connectivity index (χ4v) is 2.44. The Balaban J connectivity index is 2.22. The van der Waals surface area contributed by atoms with E-state index in [1.165, 1.54) is 0 Å². The second-order valence-electron chi connectivity index (χ2n) is 4.83. The van der Waals surface area contributed by atoms with Crippen molar-refractivity contribution in [1.82, 2.24) is 15.5 Å². The maximum absolute atomic E-state index is 12.5. The number of carbonyl (C=O) groups is 1. The van der Waals surface area contributed by atoms with Crippen LogP contribution in [0.1, 0.15) is 26.2 Å². The molecule has 0 bridgehead atoms. The third kappa shape index (κ3) is 2.35. The molecule has 0 saturated heterocycles. The summed E-state index contributed by atoms with van der Waals surface area (Å²) in [4.78, 5) is 23.0. The van der Waals surface area contributed by atoms with Gasteiger partial charge in [0.1, 0.15) is 0 Å². The van der Waals surface area contributed by atoms with Crippen molar-refractivity contribution in [3.63, 3.8) is 0 Å². The number of nitrogens with one attached hydrogen (secondary N) is 2. The Morgan fingerprint density at radius 2 is 2.42 bits per heavy atom. The molecule has 106 valence electrons. The van der Waals surface area contributed by atoms with Crippen molar-refractivity contribution < 1.29 is 9.90 Å². The Kier molecular flexibility index (Phi) is 4.16. The van der Waals surface area contributed by atoms with Crippen LogP contribution < -0.4 is 10.6 Å². The van der Waals surface area contributed by atoms with Gasteiger partial charge < -0.3 is 15.3 Å². The van der Waals surface area contributed by atoms with Crippen molar-refractivity contribution in [2.75, 3.05) is 20.2 Å². The van der Waals surface area contributed by atoms with Crippen LogP contribution in [0.2, 0.25) is 0 Å². The Hall–Kier alpha value is -1.47. The number of likely N-dealkylation sites (N-methyl/N-ethyl adjacent to an activating group) is 1. The molecule has 0 radical (unpaired) electrons. The number of hydrogen-bond donors (Lipinski definition) is 3. The number of amidine groups is 1. The van der Waals surface area contributed by atoms with Crippen molar-refractivity contribution in [2.24, 2.45) is 9.98 Å². The van der Waals surface area contributed by atoms with E-state index in [9.17, 15) is 4.79 Å². The fourth-order valence-electron chi connectivity index (χ4n) is 2.44. The summed E-state index contributed by atoms with van der Waals surface area (Å²) in [6.45, 7) is 2.47. The van der Waals surface area contributed by atoms with Gasteiger partial charge in [0.05, 0.1) is 12.9 Å². The smallest absolute Gasteiger partial charge is 0.256 e. The van der Waals surface area contributed by atoms with Crippen molar-refractivity contribution in [3.05, 3.63) is 0 Å². The molecule has 0 aromatic rings. The Bertz CT molecular complexity index is 409. The van der Waals surface area contributed by atoms with Gasteiger partial charge in [-0.05, 0) is 6.42 Å². The lowest BCUT2D eigenvalue weighted by molar-refractivity contribution is -0.129. The number of carbonyl (C=O) groups excluding carboxylic acids is 1.